The minimum atomic E-state index is -4.88. The van der Waals surface area contributed by atoms with Crippen LogP contribution in [0, 0.1) is 5.82 Å². The van der Waals surface area contributed by atoms with E-state index >= 15 is 4.39 Å². The van der Waals surface area contributed by atoms with Gasteiger partial charge in [0.2, 0.25) is 16.0 Å². The van der Waals surface area contributed by atoms with Crippen LogP contribution in [0.4, 0.5) is 39.4 Å². The second kappa shape index (κ2) is 13.6. The summed E-state index contributed by atoms with van der Waals surface area (Å²) in [5, 5.41) is 0. The summed E-state index contributed by atoms with van der Waals surface area (Å²) in [6.07, 6.45) is -4.31. The van der Waals surface area contributed by atoms with E-state index in [1.165, 1.54) is 30.3 Å². The van der Waals surface area contributed by atoms with E-state index in [2.05, 4.69) is 29.6 Å². The second-order valence-corrected chi connectivity index (χ2v) is 10.2. The maximum Gasteiger partial charge on any atom is 0.434 e. The lowest BCUT2D eigenvalue weighted by Crippen LogP contribution is -2.18. The number of aromatic nitrogens is 5. The molecule has 0 aliphatic heterocycles. The van der Waals surface area contributed by atoms with Crippen molar-refractivity contribution in [2.45, 2.75) is 26.4 Å². The molecule has 4 rings (SSSR count). The summed E-state index contributed by atoms with van der Waals surface area (Å²) in [6, 6.07) is 6.55. The summed E-state index contributed by atoms with van der Waals surface area (Å²) in [4.78, 5) is 19.0. The number of ether oxygens (including phenoxy) is 1. The SMILES string of the molecule is CCOCC.Nc1ncc(-c2nc(N)c3nc(-c4cccc(NS(=O)(=O)CCCF)c4F)ccc3n2)c(C(F)(F)F)n1. The highest BCUT2D eigenvalue weighted by Crippen LogP contribution is 2.36. The van der Waals surface area contributed by atoms with Gasteiger partial charge in [0, 0.05) is 25.0 Å². The molecule has 1 aromatic carbocycles. The molecule has 3 aromatic heterocycles. The number of hydrogen-bond acceptors (Lipinski definition) is 10. The minimum absolute atomic E-state index is 0.0182. The Morgan fingerprint density at radius 2 is 1.69 bits per heavy atom. The highest BCUT2D eigenvalue weighted by molar-refractivity contribution is 7.92. The number of benzene rings is 1. The van der Waals surface area contributed by atoms with Crippen LogP contribution in [0.25, 0.3) is 33.7 Å². The number of nitrogens with zero attached hydrogens (tertiary/aromatic N) is 5. The number of alkyl halides is 4. The molecular formula is C25H27F5N8O3S. The van der Waals surface area contributed by atoms with E-state index in [0.29, 0.717) is 0 Å². The number of nitrogens with two attached hydrogens (primary N) is 2. The van der Waals surface area contributed by atoms with E-state index in [1.807, 2.05) is 13.8 Å². The van der Waals surface area contributed by atoms with Crippen LogP contribution in [-0.2, 0) is 20.9 Å². The van der Waals surface area contributed by atoms with Gasteiger partial charge in [0.05, 0.1) is 34.9 Å². The van der Waals surface area contributed by atoms with Crippen molar-refractivity contribution in [2.24, 2.45) is 0 Å². The Hall–Kier alpha value is -4.25. The molecule has 5 N–H and O–H groups in total. The molecule has 0 aliphatic carbocycles. The van der Waals surface area contributed by atoms with Gasteiger partial charge < -0.3 is 16.2 Å². The Balaban J connectivity index is 0.000000892. The van der Waals surface area contributed by atoms with E-state index < -0.39 is 57.5 Å². The molecule has 17 heteroatoms. The van der Waals surface area contributed by atoms with Gasteiger partial charge in [-0.05, 0) is 44.5 Å². The Kier molecular flexibility index (Phi) is 10.5. The lowest BCUT2D eigenvalue weighted by Gasteiger charge is -2.13. The molecule has 11 nitrogen and oxygen atoms in total. The topological polar surface area (TPSA) is 172 Å². The molecule has 226 valence electrons. The predicted octanol–water partition coefficient (Wildman–Crippen LogP) is 4.62. The molecule has 3 heterocycles. The molecule has 0 saturated carbocycles. The zero-order chi connectivity index (χ0) is 31.1. The molecule has 0 fully saturated rings. The number of rotatable bonds is 9. The fraction of sp³-hybridized carbons (Fsp3) is 0.320. The molecule has 0 amide bonds. The predicted molar refractivity (Wildman–Crippen MR) is 148 cm³/mol. The van der Waals surface area contributed by atoms with E-state index in [9.17, 15) is 26.0 Å². The van der Waals surface area contributed by atoms with Crippen LogP contribution in [0.1, 0.15) is 26.0 Å². The summed E-state index contributed by atoms with van der Waals surface area (Å²) in [6.45, 7) is 4.82. The third-order valence-electron chi connectivity index (χ3n) is 5.38. The number of hydrogen-bond donors (Lipinski definition) is 3. The van der Waals surface area contributed by atoms with Crippen molar-refractivity contribution in [1.29, 1.82) is 0 Å². The maximum atomic E-state index is 15.2. The average molecular weight is 615 g/mol. The Morgan fingerprint density at radius 3 is 2.31 bits per heavy atom. The van der Waals surface area contributed by atoms with Crippen molar-refractivity contribution < 1.29 is 35.1 Å². The highest BCUT2D eigenvalue weighted by Gasteiger charge is 2.37. The maximum absolute atomic E-state index is 15.2. The van der Waals surface area contributed by atoms with E-state index in [4.69, 9.17) is 16.2 Å². The third-order valence-corrected chi connectivity index (χ3v) is 6.74. The number of nitrogens with one attached hydrogen (secondary N) is 1. The largest absolute Gasteiger partial charge is 0.434 e. The van der Waals surface area contributed by atoms with Gasteiger partial charge in [-0.3, -0.25) is 9.11 Å². The molecule has 42 heavy (non-hydrogen) atoms. The number of nitrogen functional groups attached to an aromatic ring is 2. The number of fused-ring (bicyclic) bond motifs is 1. The Bertz CT molecular complexity index is 1650. The van der Waals surface area contributed by atoms with Crippen LogP contribution in [0.3, 0.4) is 0 Å². The van der Waals surface area contributed by atoms with Gasteiger partial charge in [-0.15, -0.1) is 0 Å². The standard InChI is InChI=1S/C21H17F5N8O2S.C4H10O/c22-7-2-8-37(35,36)34-13-4-1-3-10(15(13)23)12-5-6-14-16(30-12)18(27)33-19(31-14)11-9-29-20(28)32-17(11)21(24,25)26;1-3-5-4-2/h1,3-6,9,34H,2,7-8H2,(H2,27,31,33)(H2,28,29,32);3-4H2,1-2H3. The van der Waals surface area contributed by atoms with Gasteiger partial charge >= 0.3 is 6.18 Å². The van der Waals surface area contributed by atoms with Crippen molar-refractivity contribution in [2.75, 3.05) is 41.8 Å². The average Bonchev–Trinajstić information content (AvgIpc) is 2.93. The number of pyridine rings is 1. The van der Waals surface area contributed by atoms with Crippen LogP contribution >= 0.6 is 0 Å². The highest BCUT2D eigenvalue weighted by atomic mass is 32.2. The number of halogens is 5. The normalized spacial score (nSPS) is 11.7. The first-order valence-corrected chi connectivity index (χ1v) is 14.0. The summed E-state index contributed by atoms with van der Waals surface area (Å²) in [5.41, 5.74) is 8.87. The van der Waals surface area contributed by atoms with Gasteiger partial charge in [-0.1, -0.05) is 6.07 Å². The van der Waals surface area contributed by atoms with Crippen LogP contribution in [-0.4, -0.2) is 59.0 Å². The monoisotopic (exact) mass is 614 g/mol. The van der Waals surface area contributed by atoms with Crippen LogP contribution in [0.15, 0.2) is 36.5 Å². The molecule has 0 radical (unpaired) electrons. The van der Waals surface area contributed by atoms with E-state index in [1.54, 1.807) is 0 Å². The van der Waals surface area contributed by atoms with Crippen LogP contribution in [0.5, 0.6) is 0 Å². The third kappa shape index (κ3) is 7.94. The van der Waals surface area contributed by atoms with Crippen molar-refractivity contribution in [1.82, 2.24) is 24.9 Å². The van der Waals surface area contributed by atoms with Crippen molar-refractivity contribution in [3.8, 4) is 22.6 Å². The van der Waals surface area contributed by atoms with E-state index in [0.717, 1.165) is 19.4 Å². The molecule has 0 unspecified atom stereocenters. The number of anilines is 3. The molecule has 4 aromatic rings. The van der Waals surface area contributed by atoms with Crippen molar-refractivity contribution in [3.63, 3.8) is 0 Å². The van der Waals surface area contributed by atoms with E-state index in [-0.39, 0.29) is 40.2 Å². The molecule has 0 bridgehead atoms. The van der Waals surface area contributed by atoms with Gasteiger partial charge in [-0.25, -0.2) is 37.7 Å². The first-order valence-electron chi connectivity index (χ1n) is 12.4. The number of sulfonamides is 1. The first kappa shape index (κ1) is 32.3. The van der Waals surface area contributed by atoms with Crippen LogP contribution in [0.2, 0.25) is 0 Å². The summed E-state index contributed by atoms with van der Waals surface area (Å²) in [5.74, 6) is -2.82. The summed E-state index contributed by atoms with van der Waals surface area (Å²) >= 11 is 0. The van der Waals surface area contributed by atoms with Gasteiger partial charge in [-0.2, -0.15) is 13.2 Å². The Labute approximate surface area is 237 Å². The van der Waals surface area contributed by atoms with Crippen molar-refractivity contribution in [3.05, 3.63) is 48.0 Å². The minimum Gasteiger partial charge on any atom is -0.382 e. The molecule has 0 saturated heterocycles. The van der Waals surface area contributed by atoms with Gasteiger partial charge in [0.1, 0.15) is 5.52 Å². The fourth-order valence-electron chi connectivity index (χ4n) is 3.56. The lowest BCUT2D eigenvalue weighted by molar-refractivity contribution is -0.140. The zero-order valence-electron chi connectivity index (χ0n) is 22.4. The van der Waals surface area contributed by atoms with Crippen molar-refractivity contribution >= 4 is 38.5 Å². The summed E-state index contributed by atoms with van der Waals surface area (Å²) < 4.78 is 98.9. The Morgan fingerprint density at radius 1 is 0.976 bits per heavy atom. The molecule has 0 atom stereocenters. The smallest absolute Gasteiger partial charge is 0.382 e. The van der Waals surface area contributed by atoms with Crippen LogP contribution < -0.4 is 16.2 Å². The zero-order valence-corrected chi connectivity index (χ0v) is 23.2. The van der Waals surface area contributed by atoms with Gasteiger partial charge in [0.15, 0.2) is 23.2 Å². The molecular weight excluding hydrogens is 587 g/mol. The summed E-state index contributed by atoms with van der Waals surface area (Å²) in [7, 11) is -4.00. The molecule has 0 aliphatic rings. The quantitative estimate of drug-likeness (QED) is 0.226. The van der Waals surface area contributed by atoms with Gasteiger partial charge in [0.25, 0.3) is 0 Å². The second-order valence-electron chi connectivity index (χ2n) is 8.40. The fourth-order valence-corrected chi connectivity index (χ4v) is 4.64. The first-order chi connectivity index (χ1) is 19.8. The lowest BCUT2D eigenvalue weighted by atomic mass is 10.1. The molecule has 0 spiro atoms.